The van der Waals surface area contributed by atoms with Crippen molar-refractivity contribution in [2.24, 2.45) is 0 Å². The van der Waals surface area contributed by atoms with Gasteiger partial charge in [-0.2, -0.15) is 0 Å². The minimum Gasteiger partial charge on any atom is -0.309 e. The monoisotopic (exact) mass is 729 g/mol. The molecule has 0 spiro atoms. The number of benzene rings is 9. The molecule has 4 heteroatoms. The summed E-state index contributed by atoms with van der Waals surface area (Å²) >= 11 is 1.88. The number of hydrogen-bond acceptors (Lipinski definition) is 1. The molecule has 0 atom stereocenters. The number of nitrogens with zero attached hydrogens (tertiary/aromatic N) is 3. The highest BCUT2D eigenvalue weighted by molar-refractivity contribution is 7.99. The van der Waals surface area contributed by atoms with Crippen LogP contribution in [0.1, 0.15) is 0 Å². The van der Waals surface area contributed by atoms with E-state index in [1.165, 1.54) is 108 Å². The lowest BCUT2D eigenvalue weighted by atomic mass is 10.00. The lowest BCUT2D eigenvalue weighted by Crippen LogP contribution is -2.06. The minimum absolute atomic E-state index is 1.16. The second-order valence-corrected chi connectivity index (χ2v) is 16.0. The van der Waals surface area contributed by atoms with Crippen LogP contribution in [0.15, 0.2) is 198 Å². The molecule has 0 fully saturated rings. The topological polar surface area (TPSA) is 14.8 Å². The molecule has 13 rings (SSSR count). The molecule has 3 nitrogen and oxygen atoms in total. The van der Waals surface area contributed by atoms with Gasteiger partial charge in [0.05, 0.1) is 33.4 Å². The van der Waals surface area contributed by atoms with Crippen LogP contribution in [0.2, 0.25) is 0 Å². The van der Waals surface area contributed by atoms with E-state index in [1.807, 2.05) is 11.8 Å². The minimum atomic E-state index is 1.16. The van der Waals surface area contributed by atoms with Crippen molar-refractivity contribution in [3.8, 4) is 28.2 Å². The molecular formula is C52H31N3S. The maximum absolute atomic E-state index is 2.55. The van der Waals surface area contributed by atoms with E-state index < -0.39 is 0 Å². The molecule has 56 heavy (non-hydrogen) atoms. The molecule has 0 saturated heterocycles. The summed E-state index contributed by atoms with van der Waals surface area (Å²) in [6.45, 7) is 0. The summed E-state index contributed by atoms with van der Waals surface area (Å²) in [6, 6.07) is 69.3. The normalized spacial score (nSPS) is 12.6. The summed E-state index contributed by atoms with van der Waals surface area (Å²) in [7, 11) is 0. The first-order valence-electron chi connectivity index (χ1n) is 19.2. The molecule has 0 N–H and O–H groups in total. The van der Waals surface area contributed by atoms with E-state index in [0.29, 0.717) is 0 Å². The van der Waals surface area contributed by atoms with Gasteiger partial charge in [-0.15, -0.1) is 0 Å². The van der Waals surface area contributed by atoms with Gasteiger partial charge in [-0.3, -0.25) is 9.13 Å². The molecule has 1 aliphatic rings. The summed E-state index contributed by atoms with van der Waals surface area (Å²) in [5.41, 5.74) is 12.0. The Labute approximate surface area is 326 Å². The molecule has 1 aliphatic heterocycles. The van der Waals surface area contributed by atoms with Crippen molar-refractivity contribution in [1.29, 1.82) is 0 Å². The maximum Gasteiger partial charge on any atom is 0.131 e. The number of fused-ring (bicyclic) bond motifs is 14. The maximum atomic E-state index is 2.55. The molecule has 260 valence electrons. The molecule has 3 aromatic heterocycles. The van der Waals surface area contributed by atoms with E-state index in [2.05, 4.69) is 202 Å². The van der Waals surface area contributed by atoms with E-state index in [-0.39, 0.29) is 0 Å². The summed E-state index contributed by atoms with van der Waals surface area (Å²) in [5, 5.41) is 11.5. The number of rotatable bonds is 3. The quantitative estimate of drug-likeness (QED) is 0.177. The molecule has 4 heterocycles. The third-order valence-corrected chi connectivity index (χ3v) is 13.1. The molecule has 12 aromatic rings. The lowest BCUT2D eigenvalue weighted by Gasteiger charge is -2.22. The summed E-state index contributed by atoms with van der Waals surface area (Å²) < 4.78 is 7.51. The van der Waals surface area contributed by atoms with Crippen molar-refractivity contribution in [3.05, 3.63) is 188 Å². The molecular weight excluding hydrogens is 699 g/mol. The van der Waals surface area contributed by atoms with E-state index in [9.17, 15) is 0 Å². The van der Waals surface area contributed by atoms with Gasteiger partial charge in [0.2, 0.25) is 0 Å². The Balaban J connectivity index is 1.12. The molecule has 0 bridgehead atoms. The fourth-order valence-electron chi connectivity index (χ4n) is 9.70. The fraction of sp³-hybridized carbons (Fsp3) is 0. The van der Waals surface area contributed by atoms with Crippen LogP contribution in [-0.2, 0) is 0 Å². The third kappa shape index (κ3) is 3.98. The average Bonchev–Trinajstić information content (AvgIpc) is 3.91. The van der Waals surface area contributed by atoms with E-state index >= 15 is 0 Å². The molecule has 0 radical (unpaired) electrons. The van der Waals surface area contributed by atoms with Gasteiger partial charge in [0.15, 0.2) is 0 Å². The van der Waals surface area contributed by atoms with Crippen molar-refractivity contribution < 1.29 is 0 Å². The van der Waals surface area contributed by atoms with Gasteiger partial charge in [-0.1, -0.05) is 145 Å². The Kier molecular flexibility index (Phi) is 6.10. The predicted molar refractivity (Wildman–Crippen MR) is 237 cm³/mol. The van der Waals surface area contributed by atoms with Crippen LogP contribution < -0.4 is 0 Å². The zero-order valence-corrected chi connectivity index (χ0v) is 31.0. The van der Waals surface area contributed by atoms with E-state index in [1.54, 1.807) is 0 Å². The SMILES string of the molecule is c1ccc(-n2c3ccccc3c3c4cccc5c4n(c32)-c2cc(-c3ccccc3-n3c4ccc6ccccc6c4c4c6ccccc6ccc43)ccc2S5)cc1. The Morgan fingerprint density at radius 1 is 0.357 bits per heavy atom. The first-order valence-corrected chi connectivity index (χ1v) is 20.0. The van der Waals surface area contributed by atoms with Gasteiger partial charge in [-0.25, -0.2) is 0 Å². The van der Waals surface area contributed by atoms with Crippen molar-refractivity contribution in [2.45, 2.75) is 9.79 Å². The molecule has 0 amide bonds. The van der Waals surface area contributed by atoms with E-state index in [0.717, 1.165) is 5.69 Å². The first-order chi connectivity index (χ1) is 27.8. The van der Waals surface area contributed by atoms with Crippen molar-refractivity contribution in [2.75, 3.05) is 0 Å². The molecule has 0 saturated carbocycles. The van der Waals surface area contributed by atoms with Crippen LogP contribution in [-0.4, -0.2) is 13.7 Å². The van der Waals surface area contributed by atoms with Gasteiger partial charge in [-0.05, 0) is 81.7 Å². The van der Waals surface area contributed by atoms with Crippen LogP contribution >= 0.6 is 11.8 Å². The van der Waals surface area contributed by atoms with Gasteiger partial charge in [0, 0.05) is 48.0 Å². The Hall–Kier alpha value is -7.01. The number of aromatic nitrogens is 3. The molecule has 0 aliphatic carbocycles. The van der Waals surface area contributed by atoms with Gasteiger partial charge < -0.3 is 4.57 Å². The second-order valence-electron chi connectivity index (χ2n) is 14.9. The predicted octanol–water partition coefficient (Wildman–Crippen LogP) is 14.3. The Morgan fingerprint density at radius 3 is 1.77 bits per heavy atom. The third-order valence-electron chi connectivity index (χ3n) is 12.0. The smallest absolute Gasteiger partial charge is 0.131 e. The first kappa shape index (κ1) is 30.3. The average molecular weight is 730 g/mol. The second kappa shape index (κ2) is 11.3. The van der Waals surface area contributed by atoms with E-state index in [4.69, 9.17) is 0 Å². The van der Waals surface area contributed by atoms with Gasteiger partial charge in [0.25, 0.3) is 0 Å². The van der Waals surface area contributed by atoms with Crippen molar-refractivity contribution in [1.82, 2.24) is 13.7 Å². The van der Waals surface area contributed by atoms with Crippen LogP contribution in [0.5, 0.6) is 0 Å². The number of hydrogen-bond donors (Lipinski definition) is 0. The summed E-state index contributed by atoms with van der Waals surface area (Å²) in [5.74, 6) is 0. The highest BCUT2D eigenvalue weighted by atomic mass is 32.2. The van der Waals surface area contributed by atoms with Crippen molar-refractivity contribution in [3.63, 3.8) is 0 Å². The molecule has 9 aromatic carbocycles. The van der Waals surface area contributed by atoms with Crippen LogP contribution in [0.25, 0.3) is 104 Å². The van der Waals surface area contributed by atoms with Gasteiger partial charge >= 0.3 is 0 Å². The lowest BCUT2D eigenvalue weighted by molar-refractivity contribution is 1.03. The highest BCUT2D eigenvalue weighted by Gasteiger charge is 2.28. The fourth-order valence-corrected chi connectivity index (χ4v) is 10.8. The van der Waals surface area contributed by atoms with Crippen molar-refractivity contribution >= 4 is 88.0 Å². The standard InChI is InChI=1S/C52H31N3S/c1-2-15-35(16-3-1)53-42-23-11-9-20-39(42)48-40-21-12-24-47-51(40)55(52(48)53)45-31-34(27-30-46(45)56-47)36-17-8-10-22-41(36)54-43-28-25-32-13-4-6-18-37(32)49(43)50-38-19-7-5-14-33(38)26-29-44(50)54/h1-31H. The van der Waals surface area contributed by atoms with Gasteiger partial charge in [0.1, 0.15) is 5.65 Å². The van der Waals surface area contributed by atoms with Crippen LogP contribution in [0, 0.1) is 0 Å². The summed E-state index contributed by atoms with van der Waals surface area (Å²) in [4.78, 5) is 2.54. The zero-order chi connectivity index (χ0) is 36.5. The highest BCUT2D eigenvalue weighted by Crippen LogP contribution is 2.51. The van der Waals surface area contributed by atoms with Crippen LogP contribution in [0.4, 0.5) is 0 Å². The Bertz CT molecular complexity index is 3530. The number of para-hydroxylation sites is 4. The van der Waals surface area contributed by atoms with Crippen LogP contribution in [0.3, 0.4) is 0 Å². The zero-order valence-electron chi connectivity index (χ0n) is 30.1. The Morgan fingerprint density at radius 2 is 1.00 bits per heavy atom. The summed E-state index contributed by atoms with van der Waals surface area (Å²) in [6.07, 6.45) is 0. The molecule has 0 unspecified atom stereocenters. The largest absolute Gasteiger partial charge is 0.309 e.